The summed E-state index contributed by atoms with van der Waals surface area (Å²) in [6.07, 6.45) is 3.03. The molecule has 0 saturated heterocycles. The molecule has 0 aliphatic carbocycles. The van der Waals surface area contributed by atoms with Crippen LogP contribution in [0.2, 0.25) is 0 Å². The van der Waals surface area contributed by atoms with Crippen molar-refractivity contribution in [2.75, 3.05) is 19.3 Å². The Labute approximate surface area is 125 Å². The van der Waals surface area contributed by atoms with Gasteiger partial charge in [-0.05, 0) is 37.3 Å². The van der Waals surface area contributed by atoms with E-state index in [0.29, 0.717) is 6.54 Å². The molecule has 1 aromatic carbocycles. The predicted octanol–water partition coefficient (Wildman–Crippen LogP) is 2.16. The molecule has 2 rings (SSSR count). The molecule has 2 unspecified atom stereocenters. The van der Waals surface area contributed by atoms with E-state index in [0.717, 1.165) is 13.0 Å². The van der Waals surface area contributed by atoms with Crippen LogP contribution < -0.4 is 10.6 Å². The summed E-state index contributed by atoms with van der Waals surface area (Å²) in [6.45, 7) is 3.58. The summed E-state index contributed by atoms with van der Waals surface area (Å²) in [6, 6.07) is 8.71. The molecule has 106 valence electrons. The fraction of sp³-hybridized carbons (Fsp3) is 0.500. The number of hydrogen-bond acceptors (Lipinski definition) is 3. The van der Waals surface area contributed by atoms with Crippen molar-refractivity contribution in [3.8, 4) is 0 Å². The second-order valence-electron chi connectivity index (χ2n) is 4.58. The zero-order chi connectivity index (χ0) is 13.0. The second-order valence-corrected chi connectivity index (χ2v) is 5.76. The van der Waals surface area contributed by atoms with Gasteiger partial charge >= 0.3 is 0 Å². The van der Waals surface area contributed by atoms with E-state index >= 15 is 0 Å². The summed E-state index contributed by atoms with van der Waals surface area (Å²) in [5.41, 5.74) is 2.72. The van der Waals surface area contributed by atoms with Crippen molar-refractivity contribution < 1.29 is 4.79 Å². The van der Waals surface area contributed by atoms with Crippen LogP contribution in [0.25, 0.3) is 0 Å². The second kappa shape index (κ2) is 7.78. The third-order valence-corrected chi connectivity index (χ3v) is 4.34. The lowest BCUT2D eigenvalue weighted by Gasteiger charge is -2.27. The van der Waals surface area contributed by atoms with Crippen molar-refractivity contribution in [3.05, 3.63) is 35.4 Å². The number of thioether (sulfide) groups is 1. The fourth-order valence-corrected chi connectivity index (χ4v) is 2.53. The standard InChI is InChI=1S/C14H20N2OS.ClH/c1-10(18-2)14(17)16-9-13-12-6-4-3-5-11(12)7-8-15-13;/h3-6,10,13,15H,7-9H2,1-2H3,(H,16,17);1H. The van der Waals surface area contributed by atoms with Gasteiger partial charge in [0, 0.05) is 12.6 Å². The van der Waals surface area contributed by atoms with Gasteiger partial charge in [0.25, 0.3) is 0 Å². The van der Waals surface area contributed by atoms with Crippen LogP contribution in [0.4, 0.5) is 0 Å². The van der Waals surface area contributed by atoms with E-state index in [2.05, 4.69) is 34.9 Å². The molecule has 2 N–H and O–H groups in total. The summed E-state index contributed by atoms with van der Waals surface area (Å²) in [5, 5.41) is 6.51. The van der Waals surface area contributed by atoms with Crippen molar-refractivity contribution in [3.63, 3.8) is 0 Å². The van der Waals surface area contributed by atoms with E-state index in [4.69, 9.17) is 0 Å². The van der Waals surface area contributed by atoms with Crippen LogP contribution in [0.15, 0.2) is 24.3 Å². The maximum atomic E-state index is 11.8. The average molecular weight is 301 g/mol. The van der Waals surface area contributed by atoms with Crippen LogP contribution in [-0.2, 0) is 11.2 Å². The Kier molecular flexibility index (Phi) is 6.69. The lowest BCUT2D eigenvalue weighted by molar-refractivity contribution is -0.120. The van der Waals surface area contributed by atoms with Crippen LogP contribution in [0, 0.1) is 0 Å². The number of nitrogens with one attached hydrogen (secondary N) is 2. The van der Waals surface area contributed by atoms with Gasteiger partial charge in [0.05, 0.1) is 5.25 Å². The number of halogens is 1. The summed E-state index contributed by atoms with van der Waals surface area (Å²) in [4.78, 5) is 11.8. The number of fused-ring (bicyclic) bond motifs is 1. The van der Waals surface area contributed by atoms with Gasteiger partial charge in [-0.3, -0.25) is 4.79 Å². The quantitative estimate of drug-likeness (QED) is 0.895. The molecular weight excluding hydrogens is 280 g/mol. The van der Waals surface area contributed by atoms with Gasteiger partial charge < -0.3 is 10.6 Å². The fourth-order valence-electron chi connectivity index (χ4n) is 2.23. The normalized spacial score (nSPS) is 18.9. The largest absolute Gasteiger partial charge is 0.353 e. The van der Waals surface area contributed by atoms with E-state index in [-0.39, 0.29) is 29.6 Å². The first kappa shape index (κ1) is 16.3. The highest BCUT2D eigenvalue weighted by atomic mass is 35.5. The highest BCUT2D eigenvalue weighted by Crippen LogP contribution is 2.21. The SMILES string of the molecule is CSC(C)C(=O)NCC1NCCc2ccccc21.Cl. The Morgan fingerprint density at radius 2 is 2.26 bits per heavy atom. The van der Waals surface area contributed by atoms with Crippen molar-refractivity contribution in [2.24, 2.45) is 0 Å². The monoisotopic (exact) mass is 300 g/mol. The number of benzene rings is 1. The van der Waals surface area contributed by atoms with Crippen LogP contribution in [0.5, 0.6) is 0 Å². The van der Waals surface area contributed by atoms with Gasteiger partial charge in [-0.1, -0.05) is 24.3 Å². The van der Waals surface area contributed by atoms with E-state index < -0.39 is 0 Å². The Hall–Kier alpha value is -0.710. The van der Waals surface area contributed by atoms with E-state index in [9.17, 15) is 4.79 Å². The molecule has 1 heterocycles. The topological polar surface area (TPSA) is 41.1 Å². The van der Waals surface area contributed by atoms with Gasteiger partial charge in [0.1, 0.15) is 0 Å². The molecule has 3 nitrogen and oxygen atoms in total. The van der Waals surface area contributed by atoms with Gasteiger partial charge in [-0.25, -0.2) is 0 Å². The lowest BCUT2D eigenvalue weighted by atomic mass is 9.94. The molecule has 0 bridgehead atoms. The molecule has 0 radical (unpaired) electrons. The van der Waals surface area contributed by atoms with Crippen LogP contribution in [-0.4, -0.2) is 30.5 Å². The number of carbonyl (C=O) groups is 1. The zero-order valence-electron chi connectivity index (χ0n) is 11.3. The molecule has 0 fully saturated rings. The van der Waals surface area contributed by atoms with Gasteiger partial charge in [0.15, 0.2) is 0 Å². The molecule has 1 aliphatic heterocycles. The van der Waals surface area contributed by atoms with E-state index in [1.165, 1.54) is 11.1 Å². The maximum Gasteiger partial charge on any atom is 0.232 e. The Morgan fingerprint density at radius 1 is 1.53 bits per heavy atom. The Balaban J connectivity index is 0.00000180. The molecule has 1 amide bonds. The number of carbonyl (C=O) groups excluding carboxylic acids is 1. The van der Waals surface area contributed by atoms with Crippen molar-refractivity contribution >= 4 is 30.1 Å². The molecule has 0 spiro atoms. The average Bonchev–Trinajstić information content (AvgIpc) is 2.43. The zero-order valence-corrected chi connectivity index (χ0v) is 12.9. The minimum atomic E-state index is 0. The van der Waals surface area contributed by atoms with Gasteiger partial charge in [-0.2, -0.15) is 11.8 Å². The Bertz CT molecular complexity index is 428. The third kappa shape index (κ3) is 4.13. The smallest absolute Gasteiger partial charge is 0.232 e. The maximum absolute atomic E-state index is 11.8. The summed E-state index contributed by atoms with van der Waals surface area (Å²) >= 11 is 1.57. The summed E-state index contributed by atoms with van der Waals surface area (Å²) in [7, 11) is 0. The Morgan fingerprint density at radius 3 is 3.00 bits per heavy atom. The first-order valence-electron chi connectivity index (χ1n) is 6.34. The summed E-state index contributed by atoms with van der Waals surface area (Å²) in [5.74, 6) is 0.118. The van der Waals surface area contributed by atoms with Crippen LogP contribution in [0.1, 0.15) is 24.1 Å². The highest BCUT2D eigenvalue weighted by molar-refractivity contribution is 7.99. The predicted molar refractivity (Wildman–Crippen MR) is 84.1 cm³/mol. The highest BCUT2D eigenvalue weighted by Gasteiger charge is 2.20. The molecule has 19 heavy (non-hydrogen) atoms. The van der Waals surface area contributed by atoms with Crippen LogP contribution >= 0.6 is 24.2 Å². The summed E-state index contributed by atoms with van der Waals surface area (Å²) < 4.78 is 0. The van der Waals surface area contributed by atoms with E-state index in [1.807, 2.05) is 13.2 Å². The lowest BCUT2D eigenvalue weighted by Crippen LogP contribution is -2.41. The molecule has 2 atom stereocenters. The molecule has 0 aromatic heterocycles. The van der Waals surface area contributed by atoms with Crippen LogP contribution in [0.3, 0.4) is 0 Å². The molecule has 5 heteroatoms. The first-order valence-corrected chi connectivity index (χ1v) is 7.63. The van der Waals surface area contributed by atoms with Crippen molar-refractivity contribution in [1.82, 2.24) is 10.6 Å². The van der Waals surface area contributed by atoms with Gasteiger partial charge in [0.2, 0.25) is 5.91 Å². The molecule has 1 aromatic rings. The molecule has 1 aliphatic rings. The first-order chi connectivity index (χ1) is 8.72. The van der Waals surface area contributed by atoms with Crippen molar-refractivity contribution in [2.45, 2.75) is 24.6 Å². The molecular formula is C14H21ClN2OS. The third-order valence-electron chi connectivity index (χ3n) is 3.42. The minimum Gasteiger partial charge on any atom is -0.353 e. The van der Waals surface area contributed by atoms with Crippen molar-refractivity contribution in [1.29, 1.82) is 0 Å². The minimum absolute atomic E-state index is 0. The number of rotatable bonds is 4. The van der Waals surface area contributed by atoms with E-state index in [1.54, 1.807) is 11.8 Å². The van der Waals surface area contributed by atoms with Gasteiger partial charge in [-0.15, -0.1) is 12.4 Å². The number of amides is 1. The number of hydrogen-bond donors (Lipinski definition) is 2. The molecule has 0 saturated carbocycles.